The molecule has 4 nitrogen and oxygen atoms in total. The molecule has 0 bridgehead atoms. The van der Waals surface area contributed by atoms with E-state index in [-0.39, 0.29) is 0 Å². The highest BCUT2D eigenvalue weighted by molar-refractivity contribution is 5.03. The van der Waals surface area contributed by atoms with Crippen molar-refractivity contribution in [2.24, 2.45) is 7.05 Å². The van der Waals surface area contributed by atoms with Crippen LogP contribution in [0.3, 0.4) is 0 Å². The van der Waals surface area contributed by atoms with Gasteiger partial charge in [-0.25, -0.2) is 0 Å². The lowest BCUT2D eigenvalue weighted by atomic mass is 10.2. The van der Waals surface area contributed by atoms with Crippen molar-refractivity contribution in [2.45, 2.75) is 13.3 Å². The highest BCUT2D eigenvalue weighted by Gasteiger charge is 1.96. The molecule has 1 heterocycles. The van der Waals surface area contributed by atoms with Gasteiger partial charge < -0.3 is 10.2 Å². The lowest BCUT2D eigenvalue weighted by Gasteiger charge is -2.13. The van der Waals surface area contributed by atoms with Gasteiger partial charge in [0.25, 0.3) is 0 Å². The number of aromatic nitrogens is 2. The van der Waals surface area contributed by atoms with E-state index in [0.29, 0.717) is 0 Å². The van der Waals surface area contributed by atoms with Crippen LogP contribution in [0.25, 0.3) is 0 Å². The topological polar surface area (TPSA) is 33.1 Å². The van der Waals surface area contributed by atoms with Crippen LogP contribution in [0.1, 0.15) is 12.5 Å². The molecular formula is C11H22N4. The number of nitrogens with zero attached hydrogens (tertiary/aromatic N) is 3. The van der Waals surface area contributed by atoms with Crippen molar-refractivity contribution < 1.29 is 0 Å². The van der Waals surface area contributed by atoms with Gasteiger partial charge in [-0.2, -0.15) is 5.10 Å². The van der Waals surface area contributed by atoms with Crippen molar-refractivity contribution in [3.8, 4) is 0 Å². The van der Waals surface area contributed by atoms with Gasteiger partial charge in [0.15, 0.2) is 0 Å². The van der Waals surface area contributed by atoms with Gasteiger partial charge in [0, 0.05) is 26.3 Å². The molecule has 86 valence electrons. The van der Waals surface area contributed by atoms with Crippen molar-refractivity contribution in [1.29, 1.82) is 0 Å². The molecule has 0 saturated heterocycles. The zero-order chi connectivity index (χ0) is 11.1. The first-order valence-electron chi connectivity index (χ1n) is 5.59. The van der Waals surface area contributed by atoms with Crippen LogP contribution in [-0.4, -0.2) is 47.9 Å². The Morgan fingerprint density at radius 2 is 2.27 bits per heavy atom. The number of likely N-dealkylation sites (N-methyl/N-ethyl adjacent to an activating group) is 1. The summed E-state index contributed by atoms with van der Waals surface area (Å²) in [4.78, 5) is 2.30. The van der Waals surface area contributed by atoms with Gasteiger partial charge in [-0.15, -0.1) is 0 Å². The van der Waals surface area contributed by atoms with E-state index in [1.165, 1.54) is 5.56 Å². The summed E-state index contributed by atoms with van der Waals surface area (Å²) in [5, 5.41) is 7.57. The monoisotopic (exact) mass is 210 g/mol. The summed E-state index contributed by atoms with van der Waals surface area (Å²) in [7, 11) is 4.09. The van der Waals surface area contributed by atoms with E-state index >= 15 is 0 Å². The van der Waals surface area contributed by atoms with Crippen LogP contribution in [0, 0.1) is 0 Å². The standard InChI is InChI=1S/C11H22N4/c1-4-14(2)8-7-12-6-5-11-9-13-15(3)10-11/h9-10,12H,4-8H2,1-3H3. The van der Waals surface area contributed by atoms with E-state index in [2.05, 4.69) is 35.5 Å². The molecule has 0 saturated carbocycles. The molecule has 4 heteroatoms. The normalized spacial score (nSPS) is 11.2. The second-order valence-corrected chi connectivity index (χ2v) is 3.92. The van der Waals surface area contributed by atoms with Crippen molar-refractivity contribution in [3.05, 3.63) is 18.0 Å². The third kappa shape index (κ3) is 4.95. The van der Waals surface area contributed by atoms with Gasteiger partial charge in [-0.3, -0.25) is 4.68 Å². The molecule has 0 aromatic carbocycles. The molecule has 0 amide bonds. The Morgan fingerprint density at radius 1 is 1.47 bits per heavy atom. The summed E-state index contributed by atoms with van der Waals surface area (Å²) in [5.41, 5.74) is 1.30. The number of rotatable bonds is 7. The van der Waals surface area contributed by atoms with Gasteiger partial charge in [0.1, 0.15) is 0 Å². The van der Waals surface area contributed by atoms with Crippen LogP contribution in [0.2, 0.25) is 0 Å². The van der Waals surface area contributed by atoms with Gasteiger partial charge in [0.05, 0.1) is 6.20 Å². The second-order valence-electron chi connectivity index (χ2n) is 3.92. The molecule has 1 aromatic rings. The second kappa shape index (κ2) is 6.58. The van der Waals surface area contributed by atoms with Crippen LogP contribution in [0.15, 0.2) is 12.4 Å². The smallest absolute Gasteiger partial charge is 0.0522 e. The summed E-state index contributed by atoms with van der Waals surface area (Å²) in [6, 6.07) is 0. The maximum atomic E-state index is 4.14. The van der Waals surface area contributed by atoms with Crippen molar-refractivity contribution >= 4 is 0 Å². The zero-order valence-corrected chi connectivity index (χ0v) is 10.0. The van der Waals surface area contributed by atoms with E-state index in [1.54, 1.807) is 0 Å². The Hall–Kier alpha value is -0.870. The van der Waals surface area contributed by atoms with Gasteiger partial charge in [0.2, 0.25) is 0 Å². The highest BCUT2D eigenvalue weighted by Crippen LogP contribution is 1.95. The Labute approximate surface area is 92.3 Å². The summed E-state index contributed by atoms with van der Waals surface area (Å²) in [5.74, 6) is 0. The van der Waals surface area contributed by atoms with E-state index in [4.69, 9.17) is 0 Å². The minimum Gasteiger partial charge on any atom is -0.315 e. The van der Waals surface area contributed by atoms with Gasteiger partial charge in [-0.05, 0) is 32.1 Å². The largest absolute Gasteiger partial charge is 0.315 e. The number of hydrogen-bond donors (Lipinski definition) is 1. The van der Waals surface area contributed by atoms with E-state index in [0.717, 1.165) is 32.6 Å². The molecule has 1 N–H and O–H groups in total. The molecule has 0 aliphatic rings. The molecule has 1 aromatic heterocycles. The fourth-order valence-corrected chi connectivity index (χ4v) is 1.39. The van der Waals surface area contributed by atoms with Gasteiger partial charge >= 0.3 is 0 Å². The Kier molecular flexibility index (Phi) is 5.36. The van der Waals surface area contributed by atoms with Crippen LogP contribution < -0.4 is 5.32 Å². The van der Waals surface area contributed by atoms with E-state index in [9.17, 15) is 0 Å². The summed E-state index contributed by atoms with van der Waals surface area (Å²) >= 11 is 0. The van der Waals surface area contributed by atoms with Crippen molar-refractivity contribution in [3.63, 3.8) is 0 Å². The number of nitrogens with one attached hydrogen (secondary N) is 1. The summed E-state index contributed by atoms with van der Waals surface area (Å²) in [6.07, 6.45) is 5.06. The van der Waals surface area contributed by atoms with Crippen LogP contribution in [-0.2, 0) is 13.5 Å². The molecule has 0 unspecified atom stereocenters. The Balaban J connectivity index is 2.02. The van der Waals surface area contributed by atoms with Gasteiger partial charge in [-0.1, -0.05) is 6.92 Å². The average Bonchev–Trinajstić information content (AvgIpc) is 2.63. The molecule has 0 spiro atoms. The lowest BCUT2D eigenvalue weighted by molar-refractivity contribution is 0.349. The first-order chi connectivity index (χ1) is 7.22. The van der Waals surface area contributed by atoms with Crippen LogP contribution in [0.5, 0.6) is 0 Å². The maximum Gasteiger partial charge on any atom is 0.0522 e. The van der Waals surface area contributed by atoms with E-state index < -0.39 is 0 Å². The minimum absolute atomic E-state index is 1.03. The molecule has 0 atom stereocenters. The predicted octanol–water partition coefficient (Wildman–Crippen LogP) is 0.504. The molecular weight excluding hydrogens is 188 g/mol. The number of aryl methyl sites for hydroxylation is 1. The highest BCUT2D eigenvalue weighted by atomic mass is 15.2. The predicted molar refractivity (Wildman–Crippen MR) is 63.0 cm³/mol. The van der Waals surface area contributed by atoms with Crippen LogP contribution >= 0.6 is 0 Å². The fraction of sp³-hybridized carbons (Fsp3) is 0.727. The molecule has 0 aliphatic carbocycles. The summed E-state index contributed by atoms with van der Waals surface area (Å²) in [6.45, 7) is 6.50. The Bertz CT molecular complexity index is 269. The third-order valence-electron chi connectivity index (χ3n) is 2.56. The SMILES string of the molecule is CCN(C)CCNCCc1cnn(C)c1. The maximum absolute atomic E-state index is 4.14. The minimum atomic E-state index is 1.03. The van der Waals surface area contributed by atoms with Crippen molar-refractivity contribution in [2.75, 3.05) is 33.2 Å². The molecule has 0 radical (unpaired) electrons. The van der Waals surface area contributed by atoms with Crippen LogP contribution in [0.4, 0.5) is 0 Å². The van der Waals surface area contributed by atoms with Crippen molar-refractivity contribution in [1.82, 2.24) is 20.0 Å². The lowest BCUT2D eigenvalue weighted by Crippen LogP contribution is -2.30. The third-order valence-corrected chi connectivity index (χ3v) is 2.56. The first-order valence-corrected chi connectivity index (χ1v) is 5.59. The average molecular weight is 210 g/mol. The zero-order valence-electron chi connectivity index (χ0n) is 10.0. The molecule has 0 fully saturated rings. The Morgan fingerprint density at radius 3 is 2.87 bits per heavy atom. The molecule has 15 heavy (non-hydrogen) atoms. The molecule has 0 aliphatic heterocycles. The first kappa shape index (κ1) is 12.2. The molecule has 1 rings (SSSR count). The number of hydrogen-bond acceptors (Lipinski definition) is 3. The fourth-order valence-electron chi connectivity index (χ4n) is 1.39. The quantitative estimate of drug-likeness (QED) is 0.665. The van der Waals surface area contributed by atoms with E-state index in [1.807, 2.05) is 17.9 Å². The summed E-state index contributed by atoms with van der Waals surface area (Å²) < 4.78 is 1.85.